The van der Waals surface area contributed by atoms with Gasteiger partial charge in [-0.1, -0.05) is 11.6 Å². The summed E-state index contributed by atoms with van der Waals surface area (Å²) < 4.78 is 5.14. The number of nitrogens with one attached hydrogen (secondary N) is 1. The highest BCUT2D eigenvalue weighted by Gasteiger charge is 2.11. The number of amides is 1. The molecule has 0 radical (unpaired) electrons. The van der Waals surface area contributed by atoms with Crippen molar-refractivity contribution >= 4 is 5.91 Å². The summed E-state index contributed by atoms with van der Waals surface area (Å²) in [6, 6.07) is 7.50. The summed E-state index contributed by atoms with van der Waals surface area (Å²) in [5.74, 6) is 0.400. The lowest BCUT2D eigenvalue weighted by molar-refractivity contribution is 0.0950. The Morgan fingerprint density at radius 1 is 1.53 bits per heavy atom. The average Bonchev–Trinajstić information content (AvgIpc) is 2.34. The van der Waals surface area contributed by atoms with Crippen LogP contribution in [-0.2, 0) is 0 Å². The van der Waals surface area contributed by atoms with Gasteiger partial charge in [-0.05, 0) is 25.5 Å². The molecule has 1 amide bonds. The fourth-order valence-corrected chi connectivity index (χ4v) is 1.46. The highest BCUT2D eigenvalue weighted by Crippen LogP contribution is 2.19. The van der Waals surface area contributed by atoms with Crippen LogP contribution in [0.3, 0.4) is 0 Å². The molecule has 0 saturated carbocycles. The van der Waals surface area contributed by atoms with Crippen molar-refractivity contribution in [3.05, 3.63) is 29.3 Å². The van der Waals surface area contributed by atoms with E-state index in [0.717, 1.165) is 5.56 Å². The summed E-state index contributed by atoms with van der Waals surface area (Å²) in [7, 11) is 1.54. The van der Waals surface area contributed by atoms with Crippen molar-refractivity contribution in [3.8, 4) is 11.8 Å². The van der Waals surface area contributed by atoms with Crippen LogP contribution in [0.1, 0.15) is 28.8 Å². The molecule has 0 aliphatic carbocycles. The van der Waals surface area contributed by atoms with E-state index in [2.05, 4.69) is 5.32 Å². The molecule has 0 heterocycles. The molecule has 17 heavy (non-hydrogen) atoms. The third kappa shape index (κ3) is 3.80. The van der Waals surface area contributed by atoms with Gasteiger partial charge in [-0.15, -0.1) is 0 Å². The number of methoxy groups -OCH3 is 1. The number of unbranched alkanes of at least 4 members (excludes halogenated alkanes) is 1. The second kappa shape index (κ2) is 6.54. The molecule has 1 rings (SSSR count). The van der Waals surface area contributed by atoms with Gasteiger partial charge in [0.2, 0.25) is 0 Å². The first-order chi connectivity index (χ1) is 8.19. The molecule has 0 fully saturated rings. The monoisotopic (exact) mass is 232 g/mol. The summed E-state index contributed by atoms with van der Waals surface area (Å²) in [6.45, 7) is 2.43. The predicted molar refractivity (Wildman–Crippen MR) is 64.9 cm³/mol. The van der Waals surface area contributed by atoms with Crippen LogP contribution < -0.4 is 10.1 Å². The highest BCUT2D eigenvalue weighted by atomic mass is 16.5. The minimum absolute atomic E-state index is 0.163. The minimum atomic E-state index is -0.163. The standard InChI is InChI=1S/C13H16N2O2/c1-10-5-6-12(17-2)11(9-10)13(16)15-8-4-3-7-14/h5-6,9H,3-4,8H2,1-2H3,(H,15,16). The molecule has 0 unspecified atom stereocenters. The van der Waals surface area contributed by atoms with Gasteiger partial charge in [0, 0.05) is 13.0 Å². The Morgan fingerprint density at radius 3 is 2.94 bits per heavy atom. The predicted octanol–water partition coefficient (Wildman–Crippen LogP) is 2.04. The molecule has 0 aliphatic rings. The Balaban J connectivity index is 2.68. The maximum Gasteiger partial charge on any atom is 0.255 e. The van der Waals surface area contributed by atoms with E-state index in [1.54, 1.807) is 12.1 Å². The van der Waals surface area contributed by atoms with Crippen molar-refractivity contribution < 1.29 is 9.53 Å². The molecule has 0 spiro atoms. The van der Waals surface area contributed by atoms with Crippen LogP contribution in [0, 0.1) is 18.3 Å². The lowest BCUT2D eigenvalue weighted by atomic mass is 10.1. The van der Waals surface area contributed by atoms with Crippen LogP contribution in [-0.4, -0.2) is 19.6 Å². The molecule has 0 aliphatic heterocycles. The normalized spacial score (nSPS) is 9.47. The first-order valence-electron chi connectivity index (χ1n) is 5.49. The van der Waals surface area contributed by atoms with Crippen LogP contribution in [0.2, 0.25) is 0 Å². The Morgan fingerprint density at radius 2 is 2.29 bits per heavy atom. The van der Waals surface area contributed by atoms with Gasteiger partial charge < -0.3 is 10.1 Å². The quantitative estimate of drug-likeness (QED) is 0.790. The number of nitrogens with zero attached hydrogens (tertiary/aromatic N) is 1. The second-order valence-electron chi connectivity index (χ2n) is 3.72. The van der Waals surface area contributed by atoms with Crippen molar-refractivity contribution in [1.29, 1.82) is 5.26 Å². The largest absolute Gasteiger partial charge is 0.496 e. The van der Waals surface area contributed by atoms with Crippen molar-refractivity contribution in [2.24, 2.45) is 0 Å². The van der Waals surface area contributed by atoms with E-state index in [1.165, 1.54) is 7.11 Å². The molecule has 1 N–H and O–H groups in total. The number of ether oxygens (including phenoxy) is 1. The number of aryl methyl sites for hydroxylation is 1. The maximum absolute atomic E-state index is 11.9. The number of nitriles is 1. The van der Waals surface area contributed by atoms with E-state index < -0.39 is 0 Å². The second-order valence-corrected chi connectivity index (χ2v) is 3.72. The van der Waals surface area contributed by atoms with E-state index in [-0.39, 0.29) is 5.91 Å². The fourth-order valence-electron chi connectivity index (χ4n) is 1.46. The van der Waals surface area contributed by atoms with Crippen LogP contribution in [0.15, 0.2) is 18.2 Å². The lowest BCUT2D eigenvalue weighted by Gasteiger charge is -2.09. The smallest absolute Gasteiger partial charge is 0.255 e. The van der Waals surface area contributed by atoms with Crippen molar-refractivity contribution in [2.75, 3.05) is 13.7 Å². The van der Waals surface area contributed by atoms with Crippen LogP contribution in [0.5, 0.6) is 5.75 Å². The van der Waals surface area contributed by atoms with E-state index in [4.69, 9.17) is 10.00 Å². The highest BCUT2D eigenvalue weighted by molar-refractivity contribution is 5.97. The molecule has 0 atom stereocenters. The molecule has 0 aromatic heterocycles. The topological polar surface area (TPSA) is 62.1 Å². The maximum atomic E-state index is 11.9. The number of carbonyl (C=O) groups is 1. The molecule has 4 heteroatoms. The fraction of sp³-hybridized carbons (Fsp3) is 0.385. The van der Waals surface area contributed by atoms with Gasteiger partial charge in [-0.25, -0.2) is 0 Å². The third-order valence-corrected chi connectivity index (χ3v) is 2.35. The zero-order valence-corrected chi connectivity index (χ0v) is 10.1. The summed E-state index contributed by atoms with van der Waals surface area (Å²) in [5.41, 5.74) is 1.54. The summed E-state index contributed by atoms with van der Waals surface area (Å²) in [5, 5.41) is 11.2. The number of hydrogen-bond donors (Lipinski definition) is 1. The molecule has 1 aromatic carbocycles. The molecule has 0 saturated heterocycles. The molecule has 90 valence electrons. The molecular formula is C13H16N2O2. The first kappa shape index (κ1) is 13.0. The van der Waals surface area contributed by atoms with Crippen molar-refractivity contribution in [2.45, 2.75) is 19.8 Å². The zero-order chi connectivity index (χ0) is 12.7. The van der Waals surface area contributed by atoms with Gasteiger partial charge in [0.15, 0.2) is 0 Å². The van der Waals surface area contributed by atoms with E-state index in [1.807, 2.05) is 19.1 Å². The minimum Gasteiger partial charge on any atom is -0.496 e. The molecular weight excluding hydrogens is 216 g/mol. The number of benzene rings is 1. The Kier molecular flexibility index (Phi) is 5.02. The van der Waals surface area contributed by atoms with Crippen LogP contribution in [0.25, 0.3) is 0 Å². The van der Waals surface area contributed by atoms with Crippen LogP contribution in [0.4, 0.5) is 0 Å². The number of carbonyl (C=O) groups excluding carboxylic acids is 1. The van der Waals surface area contributed by atoms with Gasteiger partial charge in [-0.2, -0.15) is 5.26 Å². The lowest BCUT2D eigenvalue weighted by Crippen LogP contribution is -2.24. The average molecular weight is 232 g/mol. The Hall–Kier alpha value is -2.02. The van der Waals surface area contributed by atoms with Gasteiger partial charge >= 0.3 is 0 Å². The number of rotatable bonds is 5. The first-order valence-corrected chi connectivity index (χ1v) is 5.49. The van der Waals surface area contributed by atoms with Crippen LogP contribution >= 0.6 is 0 Å². The van der Waals surface area contributed by atoms with Crippen molar-refractivity contribution in [1.82, 2.24) is 5.32 Å². The van der Waals surface area contributed by atoms with Gasteiger partial charge in [0.1, 0.15) is 5.75 Å². The van der Waals surface area contributed by atoms with Gasteiger partial charge in [0.05, 0.1) is 18.7 Å². The molecule has 1 aromatic rings. The van der Waals surface area contributed by atoms with Gasteiger partial charge in [-0.3, -0.25) is 4.79 Å². The SMILES string of the molecule is COc1ccc(C)cc1C(=O)NCCCC#N. The van der Waals surface area contributed by atoms with E-state index in [0.29, 0.717) is 30.7 Å². The number of hydrogen-bond acceptors (Lipinski definition) is 3. The Bertz CT molecular complexity index is 436. The molecule has 0 bridgehead atoms. The van der Waals surface area contributed by atoms with Crippen molar-refractivity contribution in [3.63, 3.8) is 0 Å². The molecule has 4 nitrogen and oxygen atoms in total. The van der Waals surface area contributed by atoms with Gasteiger partial charge in [0.25, 0.3) is 5.91 Å². The summed E-state index contributed by atoms with van der Waals surface area (Å²) in [4.78, 5) is 11.9. The van der Waals surface area contributed by atoms with E-state index in [9.17, 15) is 4.79 Å². The van der Waals surface area contributed by atoms with E-state index >= 15 is 0 Å². The summed E-state index contributed by atoms with van der Waals surface area (Å²) >= 11 is 0. The Labute approximate surface area is 101 Å². The third-order valence-electron chi connectivity index (χ3n) is 2.35. The zero-order valence-electron chi connectivity index (χ0n) is 10.1. The summed E-state index contributed by atoms with van der Waals surface area (Å²) in [6.07, 6.45) is 1.11.